The molecular formula is C14H18N2O3. The molecular weight excluding hydrogens is 244 g/mol. The van der Waals surface area contributed by atoms with Crippen molar-refractivity contribution in [3.8, 4) is 0 Å². The Kier molecular flexibility index (Phi) is 5.11. The molecule has 3 N–H and O–H groups in total. The predicted octanol–water partition coefficient (Wildman–Crippen LogP) is 2.62. The molecule has 0 spiro atoms. The molecule has 102 valence electrons. The molecule has 0 aliphatic carbocycles. The Balaban J connectivity index is 2.84. The summed E-state index contributed by atoms with van der Waals surface area (Å²) in [6.07, 6.45) is 2.55. The van der Waals surface area contributed by atoms with Crippen molar-refractivity contribution < 1.29 is 14.7 Å². The minimum atomic E-state index is -1.01. The maximum absolute atomic E-state index is 11.6. The Morgan fingerprint density at radius 1 is 1.26 bits per heavy atom. The molecule has 19 heavy (non-hydrogen) atoms. The number of amides is 2. The fraction of sp³-hybridized carbons (Fsp3) is 0.286. The van der Waals surface area contributed by atoms with Crippen molar-refractivity contribution in [2.24, 2.45) is 0 Å². The molecule has 1 aromatic carbocycles. The molecule has 0 bridgehead atoms. The summed E-state index contributed by atoms with van der Waals surface area (Å²) in [5, 5.41) is 14.0. The van der Waals surface area contributed by atoms with E-state index in [2.05, 4.69) is 10.6 Å². The first-order chi connectivity index (χ1) is 8.86. The lowest BCUT2D eigenvalue weighted by molar-refractivity contribution is -0.131. The van der Waals surface area contributed by atoms with Crippen LogP contribution in [0.15, 0.2) is 24.3 Å². The fourth-order valence-electron chi connectivity index (χ4n) is 1.58. The van der Waals surface area contributed by atoms with Crippen LogP contribution in [0.3, 0.4) is 0 Å². The van der Waals surface area contributed by atoms with Crippen LogP contribution in [0, 0.1) is 6.92 Å². The number of carboxylic acid groups (broad SMARTS) is 1. The third-order valence-electron chi connectivity index (χ3n) is 2.20. The van der Waals surface area contributed by atoms with Crippen LogP contribution in [0.1, 0.15) is 25.0 Å². The zero-order valence-corrected chi connectivity index (χ0v) is 11.2. The highest BCUT2D eigenvalue weighted by Crippen LogP contribution is 2.15. The van der Waals surface area contributed by atoms with E-state index in [0.29, 0.717) is 5.69 Å². The molecule has 1 aromatic rings. The predicted molar refractivity (Wildman–Crippen MR) is 75.1 cm³/mol. The van der Waals surface area contributed by atoms with E-state index >= 15 is 0 Å². The lowest BCUT2D eigenvalue weighted by atomic mass is 10.1. The molecule has 0 unspecified atom stereocenters. The first-order valence-corrected chi connectivity index (χ1v) is 5.97. The van der Waals surface area contributed by atoms with Gasteiger partial charge in [0.15, 0.2) is 0 Å². The Morgan fingerprint density at radius 3 is 2.53 bits per heavy atom. The van der Waals surface area contributed by atoms with Crippen LogP contribution in [0.25, 0.3) is 6.08 Å². The van der Waals surface area contributed by atoms with Gasteiger partial charge in [0.2, 0.25) is 0 Å². The molecule has 0 radical (unpaired) electrons. The van der Waals surface area contributed by atoms with E-state index in [1.165, 1.54) is 6.08 Å². The number of benzene rings is 1. The number of urea groups is 1. The second-order valence-corrected chi connectivity index (χ2v) is 4.56. The SMILES string of the molecule is Cc1cc(/C=C/C(=O)O)cc(NC(=O)NC(C)C)c1. The van der Waals surface area contributed by atoms with Gasteiger partial charge in [-0.3, -0.25) is 0 Å². The Morgan fingerprint density at radius 2 is 1.95 bits per heavy atom. The van der Waals surface area contributed by atoms with Crippen LogP contribution in [0.2, 0.25) is 0 Å². The monoisotopic (exact) mass is 262 g/mol. The number of nitrogens with one attached hydrogen (secondary N) is 2. The molecule has 5 heteroatoms. The van der Waals surface area contributed by atoms with E-state index in [9.17, 15) is 9.59 Å². The Labute approximate surface area is 112 Å². The van der Waals surface area contributed by atoms with E-state index in [1.54, 1.807) is 6.07 Å². The molecule has 0 aromatic heterocycles. The molecule has 0 atom stereocenters. The van der Waals surface area contributed by atoms with Crippen molar-refractivity contribution in [3.63, 3.8) is 0 Å². The summed E-state index contributed by atoms with van der Waals surface area (Å²) in [5.41, 5.74) is 2.29. The van der Waals surface area contributed by atoms with Crippen molar-refractivity contribution in [1.29, 1.82) is 0 Å². The summed E-state index contributed by atoms with van der Waals surface area (Å²) in [6.45, 7) is 5.62. The van der Waals surface area contributed by atoms with Gasteiger partial charge in [0.25, 0.3) is 0 Å². The maximum Gasteiger partial charge on any atom is 0.328 e. The van der Waals surface area contributed by atoms with Gasteiger partial charge >= 0.3 is 12.0 Å². The van der Waals surface area contributed by atoms with Crippen LogP contribution in [0.5, 0.6) is 0 Å². The highest BCUT2D eigenvalue weighted by molar-refractivity contribution is 5.90. The smallest absolute Gasteiger partial charge is 0.328 e. The molecule has 0 saturated heterocycles. The quantitative estimate of drug-likeness (QED) is 0.730. The average Bonchev–Trinajstić information content (AvgIpc) is 2.24. The van der Waals surface area contributed by atoms with Crippen LogP contribution < -0.4 is 10.6 Å². The lowest BCUT2D eigenvalue weighted by Crippen LogP contribution is -2.34. The van der Waals surface area contributed by atoms with Crippen LogP contribution in [0.4, 0.5) is 10.5 Å². The Bertz CT molecular complexity index is 507. The number of carbonyl (C=O) groups is 2. The molecule has 0 saturated carbocycles. The summed E-state index contributed by atoms with van der Waals surface area (Å²) < 4.78 is 0. The number of hydrogen-bond donors (Lipinski definition) is 3. The first kappa shape index (κ1) is 14.8. The van der Waals surface area contributed by atoms with Crippen molar-refractivity contribution >= 4 is 23.8 Å². The van der Waals surface area contributed by atoms with Crippen LogP contribution in [-0.2, 0) is 4.79 Å². The van der Waals surface area contributed by atoms with Gasteiger partial charge in [-0.25, -0.2) is 9.59 Å². The van der Waals surface area contributed by atoms with Gasteiger partial charge in [0.05, 0.1) is 0 Å². The van der Waals surface area contributed by atoms with E-state index in [1.807, 2.05) is 32.9 Å². The zero-order valence-electron chi connectivity index (χ0n) is 11.2. The van der Waals surface area contributed by atoms with Crippen molar-refractivity contribution in [1.82, 2.24) is 5.32 Å². The third kappa shape index (κ3) is 5.72. The number of carboxylic acids is 1. The summed E-state index contributed by atoms with van der Waals surface area (Å²) in [5.74, 6) is -1.01. The van der Waals surface area contributed by atoms with Gasteiger partial charge < -0.3 is 15.7 Å². The number of rotatable bonds is 4. The first-order valence-electron chi connectivity index (χ1n) is 5.97. The zero-order chi connectivity index (χ0) is 14.4. The summed E-state index contributed by atoms with van der Waals surface area (Å²) in [7, 11) is 0. The number of hydrogen-bond acceptors (Lipinski definition) is 2. The normalized spacial score (nSPS) is 10.7. The highest BCUT2D eigenvalue weighted by atomic mass is 16.4. The molecule has 5 nitrogen and oxygen atoms in total. The van der Waals surface area contributed by atoms with Gasteiger partial charge in [-0.2, -0.15) is 0 Å². The van der Waals surface area contributed by atoms with Gasteiger partial charge in [0, 0.05) is 17.8 Å². The van der Waals surface area contributed by atoms with Crippen LogP contribution in [-0.4, -0.2) is 23.1 Å². The standard InChI is InChI=1S/C14H18N2O3/c1-9(2)15-14(19)16-12-7-10(3)6-11(8-12)4-5-13(17)18/h4-9H,1-3H3,(H,17,18)(H2,15,16,19)/b5-4+. The topological polar surface area (TPSA) is 78.4 Å². The van der Waals surface area contributed by atoms with Gasteiger partial charge in [0.1, 0.15) is 0 Å². The van der Waals surface area contributed by atoms with E-state index in [0.717, 1.165) is 17.2 Å². The van der Waals surface area contributed by atoms with E-state index < -0.39 is 5.97 Å². The highest BCUT2D eigenvalue weighted by Gasteiger charge is 2.04. The van der Waals surface area contributed by atoms with Gasteiger partial charge in [-0.1, -0.05) is 6.07 Å². The van der Waals surface area contributed by atoms with E-state index in [4.69, 9.17) is 5.11 Å². The average molecular weight is 262 g/mol. The Hall–Kier alpha value is -2.30. The van der Waals surface area contributed by atoms with Gasteiger partial charge in [-0.05, 0) is 50.1 Å². The third-order valence-corrected chi connectivity index (χ3v) is 2.20. The fourth-order valence-corrected chi connectivity index (χ4v) is 1.58. The second kappa shape index (κ2) is 6.58. The van der Waals surface area contributed by atoms with Crippen molar-refractivity contribution in [3.05, 3.63) is 35.4 Å². The minimum absolute atomic E-state index is 0.0520. The minimum Gasteiger partial charge on any atom is -0.478 e. The molecule has 0 fully saturated rings. The lowest BCUT2D eigenvalue weighted by Gasteiger charge is -2.11. The van der Waals surface area contributed by atoms with Crippen molar-refractivity contribution in [2.75, 3.05) is 5.32 Å². The molecule has 2 amide bonds. The largest absolute Gasteiger partial charge is 0.478 e. The summed E-state index contributed by atoms with van der Waals surface area (Å²) >= 11 is 0. The maximum atomic E-state index is 11.6. The second-order valence-electron chi connectivity index (χ2n) is 4.56. The molecule has 0 heterocycles. The van der Waals surface area contributed by atoms with Crippen molar-refractivity contribution in [2.45, 2.75) is 26.8 Å². The summed E-state index contributed by atoms with van der Waals surface area (Å²) in [6, 6.07) is 5.14. The number of anilines is 1. The molecule has 0 aliphatic rings. The van der Waals surface area contributed by atoms with Crippen LogP contribution >= 0.6 is 0 Å². The number of aryl methyl sites for hydroxylation is 1. The number of aliphatic carboxylic acids is 1. The number of carbonyl (C=O) groups excluding carboxylic acids is 1. The summed E-state index contributed by atoms with van der Waals surface area (Å²) in [4.78, 5) is 22.1. The molecule has 0 aliphatic heterocycles. The van der Waals surface area contributed by atoms with Gasteiger partial charge in [-0.15, -0.1) is 0 Å². The molecule has 1 rings (SSSR count). The van der Waals surface area contributed by atoms with E-state index in [-0.39, 0.29) is 12.1 Å².